The quantitative estimate of drug-likeness (QED) is 0.901. The summed E-state index contributed by atoms with van der Waals surface area (Å²) in [5.74, 6) is -0.436. The SMILES string of the molecule is Cc1ccc(NC(=O)c2cc(Cl)cn2C)cc1C(=O)NC(C)C. The Balaban J connectivity index is 2.22. The smallest absolute Gasteiger partial charge is 0.272 e. The van der Waals surface area contributed by atoms with Crippen molar-refractivity contribution in [3.8, 4) is 0 Å². The maximum Gasteiger partial charge on any atom is 0.272 e. The second-order valence-electron chi connectivity index (χ2n) is 5.77. The van der Waals surface area contributed by atoms with Crippen LogP contribution in [0.1, 0.15) is 40.3 Å². The van der Waals surface area contributed by atoms with Gasteiger partial charge >= 0.3 is 0 Å². The Kier molecular flexibility index (Phi) is 5.11. The molecule has 0 aliphatic rings. The van der Waals surface area contributed by atoms with Gasteiger partial charge in [-0.2, -0.15) is 0 Å². The van der Waals surface area contributed by atoms with Crippen molar-refractivity contribution >= 4 is 29.1 Å². The summed E-state index contributed by atoms with van der Waals surface area (Å²) >= 11 is 5.89. The molecule has 2 rings (SSSR count). The van der Waals surface area contributed by atoms with E-state index < -0.39 is 0 Å². The summed E-state index contributed by atoms with van der Waals surface area (Å²) in [5.41, 5.74) is 2.40. The zero-order chi connectivity index (χ0) is 17.1. The number of halogens is 1. The third-order valence-electron chi connectivity index (χ3n) is 3.36. The van der Waals surface area contributed by atoms with Gasteiger partial charge in [-0.3, -0.25) is 9.59 Å². The molecular weight excluding hydrogens is 314 g/mol. The average molecular weight is 334 g/mol. The molecule has 0 atom stereocenters. The number of aromatic nitrogens is 1. The van der Waals surface area contributed by atoms with Gasteiger partial charge in [0.25, 0.3) is 11.8 Å². The Morgan fingerprint density at radius 3 is 2.43 bits per heavy atom. The Morgan fingerprint density at radius 2 is 1.87 bits per heavy atom. The first-order valence-electron chi connectivity index (χ1n) is 7.32. The highest BCUT2D eigenvalue weighted by Gasteiger charge is 2.14. The molecule has 23 heavy (non-hydrogen) atoms. The minimum Gasteiger partial charge on any atom is -0.350 e. The number of carbonyl (C=O) groups is 2. The molecule has 0 aliphatic carbocycles. The molecule has 1 aromatic heterocycles. The fourth-order valence-corrected chi connectivity index (χ4v) is 2.48. The van der Waals surface area contributed by atoms with Gasteiger partial charge in [0.05, 0.1) is 5.02 Å². The second-order valence-corrected chi connectivity index (χ2v) is 6.20. The highest BCUT2D eigenvalue weighted by atomic mass is 35.5. The largest absolute Gasteiger partial charge is 0.350 e. The number of nitrogens with zero attached hydrogens (tertiary/aromatic N) is 1. The molecule has 2 aromatic rings. The van der Waals surface area contributed by atoms with E-state index in [0.29, 0.717) is 22.0 Å². The van der Waals surface area contributed by atoms with E-state index in [1.54, 1.807) is 36.0 Å². The predicted octanol–water partition coefficient (Wildman–Crippen LogP) is 3.38. The summed E-state index contributed by atoms with van der Waals surface area (Å²) in [7, 11) is 1.75. The normalized spacial score (nSPS) is 10.7. The third kappa shape index (κ3) is 4.13. The fourth-order valence-electron chi connectivity index (χ4n) is 2.23. The number of carbonyl (C=O) groups excluding carboxylic acids is 2. The molecule has 0 saturated heterocycles. The standard InChI is InChI=1S/C17H20ClN3O2/c1-10(2)19-16(22)14-8-13(6-5-11(14)3)20-17(23)15-7-12(18)9-21(15)4/h5-10H,1-4H3,(H,19,22)(H,20,23). The van der Waals surface area contributed by atoms with Crippen LogP contribution in [0, 0.1) is 6.92 Å². The number of aryl methyl sites for hydroxylation is 2. The fraction of sp³-hybridized carbons (Fsp3) is 0.294. The molecule has 1 aromatic carbocycles. The van der Waals surface area contributed by atoms with Crippen molar-refractivity contribution in [2.45, 2.75) is 26.8 Å². The van der Waals surface area contributed by atoms with E-state index in [2.05, 4.69) is 10.6 Å². The topological polar surface area (TPSA) is 63.1 Å². The van der Waals surface area contributed by atoms with Crippen molar-refractivity contribution in [2.75, 3.05) is 5.32 Å². The molecule has 122 valence electrons. The number of rotatable bonds is 4. The summed E-state index contributed by atoms with van der Waals surface area (Å²) in [5, 5.41) is 6.14. The molecular formula is C17H20ClN3O2. The molecule has 5 nitrogen and oxygen atoms in total. The van der Waals surface area contributed by atoms with Gasteiger partial charge in [-0.05, 0) is 44.5 Å². The Bertz CT molecular complexity index is 750. The Hall–Kier alpha value is -2.27. The summed E-state index contributed by atoms with van der Waals surface area (Å²) in [6.07, 6.45) is 1.66. The first-order chi connectivity index (χ1) is 10.8. The van der Waals surface area contributed by atoms with Crippen LogP contribution in [-0.4, -0.2) is 22.4 Å². The van der Waals surface area contributed by atoms with E-state index >= 15 is 0 Å². The van der Waals surface area contributed by atoms with Crippen LogP contribution in [0.4, 0.5) is 5.69 Å². The number of benzene rings is 1. The van der Waals surface area contributed by atoms with Crippen LogP contribution in [0.15, 0.2) is 30.5 Å². The second kappa shape index (κ2) is 6.87. The zero-order valence-electron chi connectivity index (χ0n) is 13.6. The van der Waals surface area contributed by atoms with Crippen LogP contribution in [0.5, 0.6) is 0 Å². The van der Waals surface area contributed by atoms with E-state index in [-0.39, 0.29) is 17.9 Å². The molecule has 0 fully saturated rings. The maximum atomic E-state index is 12.3. The van der Waals surface area contributed by atoms with Gasteiger partial charge in [0, 0.05) is 30.5 Å². The molecule has 0 bridgehead atoms. The van der Waals surface area contributed by atoms with Crippen LogP contribution < -0.4 is 10.6 Å². The number of anilines is 1. The lowest BCUT2D eigenvalue weighted by Crippen LogP contribution is -2.30. The first-order valence-corrected chi connectivity index (χ1v) is 7.70. The van der Waals surface area contributed by atoms with E-state index in [1.165, 1.54) is 0 Å². The number of nitrogens with one attached hydrogen (secondary N) is 2. The van der Waals surface area contributed by atoms with Crippen LogP contribution in [0.3, 0.4) is 0 Å². The van der Waals surface area contributed by atoms with Gasteiger partial charge in [0.1, 0.15) is 5.69 Å². The van der Waals surface area contributed by atoms with E-state index in [1.807, 2.05) is 26.8 Å². The summed E-state index contributed by atoms with van der Waals surface area (Å²) < 4.78 is 1.65. The average Bonchev–Trinajstić information content (AvgIpc) is 2.79. The highest BCUT2D eigenvalue weighted by Crippen LogP contribution is 2.18. The van der Waals surface area contributed by atoms with E-state index in [9.17, 15) is 9.59 Å². The van der Waals surface area contributed by atoms with Gasteiger partial charge in [-0.15, -0.1) is 0 Å². The number of hydrogen-bond donors (Lipinski definition) is 2. The number of amides is 2. The van der Waals surface area contributed by atoms with Gasteiger partial charge in [0.15, 0.2) is 0 Å². The van der Waals surface area contributed by atoms with Gasteiger partial charge in [-0.25, -0.2) is 0 Å². The highest BCUT2D eigenvalue weighted by molar-refractivity contribution is 6.31. The zero-order valence-corrected chi connectivity index (χ0v) is 14.4. The Morgan fingerprint density at radius 1 is 1.17 bits per heavy atom. The van der Waals surface area contributed by atoms with Crippen molar-refractivity contribution in [3.05, 3.63) is 52.3 Å². The molecule has 6 heteroatoms. The molecule has 2 amide bonds. The number of hydrogen-bond acceptors (Lipinski definition) is 2. The predicted molar refractivity (Wildman–Crippen MR) is 92.2 cm³/mol. The van der Waals surface area contributed by atoms with Crippen LogP contribution in [0.2, 0.25) is 5.02 Å². The summed E-state index contributed by atoms with van der Waals surface area (Å²) in [4.78, 5) is 24.5. The maximum absolute atomic E-state index is 12.3. The monoisotopic (exact) mass is 333 g/mol. The van der Waals surface area contributed by atoms with Gasteiger partial charge in [-0.1, -0.05) is 17.7 Å². The molecule has 0 unspecified atom stereocenters. The minimum absolute atomic E-state index is 0.0469. The van der Waals surface area contributed by atoms with Crippen molar-refractivity contribution in [1.82, 2.24) is 9.88 Å². The molecule has 2 N–H and O–H groups in total. The van der Waals surface area contributed by atoms with E-state index in [0.717, 1.165) is 5.56 Å². The molecule has 0 radical (unpaired) electrons. The van der Waals surface area contributed by atoms with Crippen molar-refractivity contribution in [3.63, 3.8) is 0 Å². The lowest BCUT2D eigenvalue weighted by atomic mass is 10.1. The van der Waals surface area contributed by atoms with Crippen LogP contribution in [-0.2, 0) is 7.05 Å². The lowest BCUT2D eigenvalue weighted by molar-refractivity contribution is 0.0941. The van der Waals surface area contributed by atoms with Gasteiger partial charge < -0.3 is 15.2 Å². The van der Waals surface area contributed by atoms with Crippen LogP contribution >= 0.6 is 11.6 Å². The summed E-state index contributed by atoms with van der Waals surface area (Å²) in [6, 6.07) is 6.89. The molecule has 1 heterocycles. The molecule has 0 saturated carbocycles. The van der Waals surface area contributed by atoms with Crippen molar-refractivity contribution < 1.29 is 9.59 Å². The molecule has 0 aliphatic heterocycles. The first kappa shape index (κ1) is 17.1. The summed E-state index contributed by atoms with van der Waals surface area (Å²) in [6.45, 7) is 5.66. The van der Waals surface area contributed by atoms with Gasteiger partial charge in [0.2, 0.25) is 0 Å². The minimum atomic E-state index is -0.279. The Labute approximate surface area is 140 Å². The van der Waals surface area contributed by atoms with Crippen LogP contribution in [0.25, 0.3) is 0 Å². The van der Waals surface area contributed by atoms with Crippen molar-refractivity contribution in [2.24, 2.45) is 7.05 Å². The van der Waals surface area contributed by atoms with E-state index in [4.69, 9.17) is 11.6 Å². The lowest BCUT2D eigenvalue weighted by Gasteiger charge is -2.12. The van der Waals surface area contributed by atoms with Crippen molar-refractivity contribution in [1.29, 1.82) is 0 Å². The third-order valence-corrected chi connectivity index (χ3v) is 3.57. The molecule has 0 spiro atoms.